The third kappa shape index (κ3) is 5.73. The molecule has 1 aliphatic heterocycles. The van der Waals surface area contributed by atoms with Crippen molar-refractivity contribution in [1.29, 1.82) is 0 Å². The molecule has 0 aliphatic carbocycles. The Morgan fingerprint density at radius 2 is 1.62 bits per heavy atom. The van der Waals surface area contributed by atoms with Gasteiger partial charge in [0.1, 0.15) is 11.5 Å². The van der Waals surface area contributed by atoms with Gasteiger partial charge in [0.2, 0.25) is 0 Å². The summed E-state index contributed by atoms with van der Waals surface area (Å²) in [7, 11) is 0. The summed E-state index contributed by atoms with van der Waals surface area (Å²) in [6.45, 7) is 3.89. The summed E-state index contributed by atoms with van der Waals surface area (Å²) in [4.78, 5) is 25.6. The van der Waals surface area contributed by atoms with Crippen molar-refractivity contribution in [3.05, 3.63) is 59.7 Å². The van der Waals surface area contributed by atoms with Crippen molar-refractivity contribution in [2.24, 2.45) is 5.92 Å². The van der Waals surface area contributed by atoms with Crippen LogP contribution in [-0.4, -0.2) is 48.2 Å². The molecule has 0 saturated carbocycles. The van der Waals surface area contributed by atoms with Gasteiger partial charge in [-0.05, 0) is 68.0 Å². The highest BCUT2D eigenvalue weighted by molar-refractivity contribution is 5.89. The molecule has 0 spiro atoms. The summed E-state index contributed by atoms with van der Waals surface area (Å²) < 4.78 is 11.0. The van der Waals surface area contributed by atoms with Crippen molar-refractivity contribution >= 4 is 11.9 Å². The fourth-order valence-corrected chi connectivity index (χ4v) is 3.64. The maximum Gasteiger partial charge on any atom is 0.335 e. The van der Waals surface area contributed by atoms with E-state index in [1.54, 1.807) is 24.3 Å². The molecule has 0 unspecified atom stereocenters. The zero-order valence-corrected chi connectivity index (χ0v) is 16.7. The normalized spacial score (nSPS) is 14.4. The third-order valence-electron chi connectivity index (χ3n) is 5.22. The minimum atomic E-state index is -0.889. The number of amides is 1. The Morgan fingerprint density at radius 3 is 2.24 bits per heavy atom. The van der Waals surface area contributed by atoms with Crippen molar-refractivity contribution in [2.75, 3.05) is 26.3 Å². The van der Waals surface area contributed by atoms with Crippen LogP contribution in [0.25, 0.3) is 0 Å². The number of carboxylic acids is 1. The summed E-state index contributed by atoms with van der Waals surface area (Å²) in [6, 6.07) is 14.4. The first-order chi connectivity index (χ1) is 14.1. The maximum absolute atomic E-state index is 12.4. The van der Waals surface area contributed by atoms with Crippen molar-refractivity contribution in [3.8, 4) is 11.5 Å². The van der Waals surface area contributed by atoms with E-state index in [4.69, 9.17) is 9.47 Å². The summed E-state index contributed by atoms with van der Waals surface area (Å²) in [5.74, 6) is 0.884. The fourth-order valence-electron chi connectivity index (χ4n) is 3.64. The molecule has 1 amide bonds. The number of aromatic carboxylic acids is 1. The Balaban J connectivity index is 1.45. The zero-order valence-electron chi connectivity index (χ0n) is 16.7. The lowest BCUT2D eigenvalue weighted by atomic mass is 9.88. The van der Waals surface area contributed by atoms with Gasteiger partial charge in [0.15, 0.2) is 6.61 Å². The van der Waals surface area contributed by atoms with Gasteiger partial charge < -0.3 is 19.5 Å². The number of rotatable bonds is 8. The average Bonchev–Trinajstić information content (AvgIpc) is 2.74. The number of carbonyl (C=O) groups excluding carboxylic acids is 1. The van der Waals surface area contributed by atoms with E-state index in [0.717, 1.165) is 30.6 Å². The van der Waals surface area contributed by atoms with Crippen LogP contribution in [0.15, 0.2) is 48.5 Å². The molecule has 0 radical (unpaired) electrons. The summed E-state index contributed by atoms with van der Waals surface area (Å²) in [5.41, 5.74) is 1.23. The number of likely N-dealkylation sites (tertiary alicyclic amines) is 1. The van der Waals surface area contributed by atoms with Crippen LogP contribution in [0, 0.1) is 5.92 Å². The van der Waals surface area contributed by atoms with E-state index in [0.29, 0.717) is 36.9 Å². The smallest absolute Gasteiger partial charge is 0.335 e. The number of benzene rings is 2. The lowest BCUT2D eigenvalue weighted by Gasteiger charge is -2.32. The van der Waals surface area contributed by atoms with Crippen LogP contribution in [0.2, 0.25) is 0 Å². The molecule has 2 aromatic rings. The molecule has 0 atom stereocenters. The zero-order chi connectivity index (χ0) is 20.6. The van der Waals surface area contributed by atoms with Crippen molar-refractivity contribution in [3.63, 3.8) is 0 Å². The molecule has 6 heteroatoms. The lowest BCUT2D eigenvalue weighted by molar-refractivity contribution is -0.134. The van der Waals surface area contributed by atoms with E-state index in [2.05, 4.69) is 0 Å². The van der Waals surface area contributed by atoms with E-state index in [-0.39, 0.29) is 12.5 Å². The maximum atomic E-state index is 12.4. The summed E-state index contributed by atoms with van der Waals surface area (Å²) in [6.07, 6.45) is 2.46. The summed E-state index contributed by atoms with van der Waals surface area (Å²) in [5, 5.41) is 9.33. The Labute approximate surface area is 171 Å². The predicted octanol–water partition coefficient (Wildman–Crippen LogP) is 3.64. The quantitative estimate of drug-likeness (QED) is 0.736. The van der Waals surface area contributed by atoms with Crippen molar-refractivity contribution in [2.45, 2.75) is 26.2 Å². The molecule has 0 aromatic heterocycles. The molecule has 0 bridgehead atoms. The number of carboxylic acid groups (broad SMARTS) is 1. The van der Waals surface area contributed by atoms with E-state index in [1.165, 1.54) is 0 Å². The first-order valence-corrected chi connectivity index (χ1v) is 10.0. The van der Waals surface area contributed by atoms with Crippen molar-refractivity contribution < 1.29 is 24.2 Å². The average molecular weight is 397 g/mol. The number of carbonyl (C=O) groups is 2. The summed E-state index contributed by atoms with van der Waals surface area (Å²) >= 11 is 0. The minimum Gasteiger partial charge on any atom is -0.494 e. The van der Waals surface area contributed by atoms with Crippen LogP contribution in [0.5, 0.6) is 11.5 Å². The van der Waals surface area contributed by atoms with Gasteiger partial charge in [-0.1, -0.05) is 18.2 Å². The molecule has 154 valence electrons. The van der Waals surface area contributed by atoms with Gasteiger partial charge in [0.05, 0.1) is 12.2 Å². The number of hydrogen-bond donors (Lipinski definition) is 1. The molecule has 1 N–H and O–H groups in total. The number of piperidine rings is 1. The van der Waals surface area contributed by atoms with E-state index >= 15 is 0 Å². The van der Waals surface area contributed by atoms with Gasteiger partial charge in [-0.15, -0.1) is 0 Å². The number of nitrogens with zero attached hydrogens (tertiary/aromatic N) is 1. The molecular weight excluding hydrogens is 370 g/mol. The fraction of sp³-hybridized carbons (Fsp3) is 0.391. The van der Waals surface area contributed by atoms with Crippen LogP contribution in [0.4, 0.5) is 0 Å². The largest absolute Gasteiger partial charge is 0.494 e. The van der Waals surface area contributed by atoms with Crippen LogP contribution < -0.4 is 9.47 Å². The second-order valence-corrected chi connectivity index (χ2v) is 7.18. The van der Waals surface area contributed by atoms with Gasteiger partial charge in [-0.25, -0.2) is 4.79 Å². The predicted molar refractivity (Wildman–Crippen MR) is 110 cm³/mol. The molecule has 2 aromatic carbocycles. The second kappa shape index (κ2) is 9.96. The highest BCUT2D eigenvalue weighted by atomic mass is 16.5. The van der Waals surface area contributed by atoms with Crippen LogP contribution in [0.1, 0.15) is 35.7 Å². The van der Waals surface area contributed by atoms with Crippen molar-refractivity contribution in [1.82, 2.24) is 4.90 Å². The first kappa shape index (κ1) is 20.7. The standard InChI is InChI=1S/C23H27NO5/c1-2-28-19-7-9-20(10-8-19)29-16-22(25)24-13-11-17(12-14-24)15-18-5-3-4-6-21(18)23(26)27/h3-10,17H,2,11-16H2,1H3,(H,26,27). The van der Waals surface area contributed by atoms with Gasteiger partial charge in [-0.2, -0.15) is 0 Å². The van der Waals surface area contributed by atoms with E-state index in [1.807, 2.05) is 36.1 Å². The molecule has 1 aliphatic rings. The van der Waals surface area contributed by atoms with Gasteiger partial charge in [0.25, 0.3) is 5.91 Å². The van der Waals surface area contributed by atoms with Crippen LogP contribution in [-0.2, 0) is 11.2 Å². The Kier molecular flexibility index (Phi) is 7.11. The van der Waals surface area contributed by atoms with Crippen LogP contribution >= 0.6 is 0 Å². The number of hydrogen-bond acceptors (Lipinski definition) is 4. The molecule has 1 saturated heterocycles. The molecule has 6 nitrogen and oxygen atoms in total. The molecule has 1 heterocycles. The monoisotopic (exact) mass is 397 g/mol. The third-order valence-corrected chi connectivity index (χ3v) is 5.22. The van der Waals surface area contributed by atoms with Crippen LogP contribution in [0.3, 0.4) is 0 Å². The SMILES string of the molecule is CCOc1ccc(OCC(=O)N2CCC(Cc3ccccc3C(=O)O)CC2)cc1. The topological polar surface area (TPSA) is 76.1 Å². The van der Waals surface area contributed by atoms with Gasteiger partial charge >= 0.3 is 5.97 Å². The van der Waals surface area contributed by atoms with E-state index < -0.39 is 5.97 Å². The lowest BCUT2D eigenvalue weighted by Crippen LogP contribution is -2.41. The molecule has 3 rings (SSSR count). The highest BCUT2D eigenvalue weighted by Gasteiger charge is 2.24. The molecular formula is C23H27NO5. The Hall–Kier alpha value is -3.02. The Bertz CT molecular complexity index is 825. The second-order valence-electron chi connectivity index (χ2n) is 7.18. The molecule has 29 heavy (non-hydrogen) atoms. The van der Waals surface area contributed by atoms with E-state index in [9.17, 15) is 14.7 Å². The first-order valence-electron chi connectivity index (χ1n) is 10.0. The van der Waals surface area contributed by atoms with Gasteiger partial charge in [0, 0.05) is 13.1 Å². The highest BCUT2D eigenvalue weighted by Crippen LogP contribution is 2.24. The molecule has 1 fully saturated rings. The Morgan fingerprint density at radius 1 is 1.00 bits per heavy atom. The number of ether oxygens (including phenoxy) is 2. The minimum absolute atomic E-state index is 0.0144. The van der Waals surface area contributed by atoms with Gasteiger partial charge in [-0.3, -0.25) is 4.79 Å².